The van der Waals surface area contributed by atoms with E-state index in [9.17, 15) is 13.2 Å². The normalized spacial score (nSPS) is 26.1. The molecule has 0 aromatic carbocycles. The molecule has 0 bridgehead atoms. The van der Waals surface area contributed by atoms with Crippen molar-refractivity contribution in [3.8, 4) is 0 Å². The molecule has 1 N–H and O–H groups in total. The number of hydrogen-bond donors (Lipinski definition) is 1. The minimum absolute atomic E-state index is 0.383. The smallest absolute Gasteiger partial charge is 0.317 e. The fourth-order valence-corrected chi connectivity index (χ4v) is 1.86. The molecular weight excluding hydrogens is 193 g/mol. The highest BCUT2D eigenvalue weighted by Crippen LogP contribution is 2.19. The second-order valence-corrected chi connectivity index (χ2v) is 3.81. The summed E-state index contributed by atoms with van der Waals surface area (Å²) >= 11 is 0. The third kappa shape index (κ3) is 4.28. The van der Waals surface area contributed by atoms with Crippen molar-refractivity contribution in [2.24, 2.45) is 0 Å². The van der Waals surface area contributed by atoms with Crippen LogP contribution in [-0.2, 0) is 0 Å². The van der Waals surface area contributed by atoms with Gasteiger partial charge in [0.05, 0.1) is 6.54 Å². The molecule has 2 nitrogen and oxygen atoms in total. The molecule has 1 unspecified atom stereocenters. The molecule has 5 heteroatoms. The number of likely N-dealkylation sites (tertiary alicyclic amines) is 1. The summed E-state index contributed by atoms with van der Waals surface area (Å²) in [6, 6.07) is 0.383. The largest absolute Gasteiger partial charge is 0.401 e. The van der Waals surface area contributed by atoms with E-state index < -0.39 is 12.7 Å². The molecule has 1 saturated heterocycles. The van der Waals surface area contributed by atoms with E-state index >= 15 is 0 Å². The maximum atomic E-state index is 12.1. The highest BCUT2D eigenvalue weighted by Gasteiger charge is 2.31. The Labute approximate surface area is 82.5 Å². The second kappa shape index (κ2) is 4.98. The molecule has 0 aliphatic carbocycles. The summed E-state index contributed by atoms with van der Waals surface area (Å²) in [6.07, 6.45) is -1.42. The lowest BCUT2D eigenvalue weighted by atomic mass is 10.1. The van der Waals surface area contributed by atoms with Crippen LogP contribution in [0.15, 0.2) is 0 Å². The van der Waals surface area contributed by atoms with Crippen molar-refractivity contribution in [3.63, 3.8) is 0 Å². The van der Waals surface area contributed by atoms with Crippen LogP contribution in [0.5, 0.6) is 0 Å². The van der Waals surface area contributed by atoms with Gasteiger partial charge in [-0.05, 0) is 39.4 Å². The van der Waals surface area contributed by atoms with Crippen molar-refractivity contribution in [3.05, 3.63) is 0 Å². The summed E-state index contributed by atoms with van der Waals surface area (Å²) in [5.41, 5.74) is 0. The van der Waals surface area contributed by atoms with Crippen LogP contribution in [0, 0.1) is 0 Å². The van der Waals surface area contributed by atoms with Crippen molar-refractivity contribution in [2.45, 2.75) is 31.5 Å². The molecule has 1 atom stereocenters. The first kappa shape index (κ1) is 11.8. The van der Waals surface area contributed by atoms with Crippen molar-refractivity contribution >= 4 is 0 Å². The fourth-order valence-electron chi connectivity index (χ4n) is 1.86. The number of hydrogen-bond acceptors (Lipinski definition) is 2. The van der Waals surface area contributed by atoms with Crippen LogP contribution in [-0.4, -0.2) is 43.8 Å². The summed E-state index contributed by atoms with van der Waals surface area (Å²) in [4.78, 5) is 1.50. The van der Waals surface area contributed by atoms with E-state index in [4.69, 9.17) is 0 Å². The summed E-state index contributed by atoms with van der Waals surface area (Å²) in [5.74, 6) is 0. The lowest BCUT2D eigenvalue weighted by Crippen LogP contribution is -2.35. The molecule has 0 saturated carbocycles. The summed E-state index contributed by atoms with van der Waals surface area (Å²) in [5, 5.41) is 3.12. The third-order valence-electron chi connectivity index (χ3n) is 2.63. The molecule has 1 aliphatic heterocycles. The van der Waals surface area contributed by atoms with Gasteiger partial charge < -0.3 is 5.32 Å². The molecule has 14 heavy (non-hydrogen) atoms. The first-order valence-corrected chi connectivity index (χ1v) is 4.97. The Balaban J connectivity index is 2.34. The van der Waals surface area contributed by atoms with E-state index in [0.29, 0.717) is 19.1 Å². The van der Waals surface area contributed by atoms with Crippen LogP contribution in [0.25, 0.3) is 0 Å². The lowest BCUT2D eigenvalue weighted by molar-refractivity contribution is -0.145. The molecule has 0 aromatic rings. The van der Waals surface area contributed by atoms with Gasteiger partial charge in [-0.3, -0.25) is 4.90 Å². The summed E-state index contributed by atoms with van der Waals surface area (Å²) in [7, 11) is 1.87. The Hall–Kier alpha value is -0.290. The molecule has 0 amide bonds. The van der Waals surface area contributed by atoms with Gasteiger partial charge >= 0.3 is 6.18 Å². The van der Waals surface area contributed by atoms with Crippen LogP contribution in [0.3, 0.4) is 0 Å². The molecule has 0 aromatic heterocycles. The summed E-state index contributed by atoms with van der Waals surface area (Å²) < 4.78 is 36.3. The van der Waals surface area contributed by atoms with Crippen molar-refractivity contribution in [1.29, 1.82) is 0 Å². The van der Waals surface area contributed by atoms with Gasteiger partial charge in [0.1, 0.15) is 0 Å². The SMILES string of the molecule is CNC1CCCN(CC(F)(F)F)CC1. The number of halogens is 3. The minimum atomic E-state index is -4.06. The Morgan fingerprint density at radius 2 is 2.00 bits per heavy atom. The van der Waals surface area contributed by atoms with Gasteiger partial charge in [0.15, 0.2) is 0 Å². The predicted molar refractivity (Wildman–Crippen MR) is 49.2 cm³/mol. The van der Waals surface area contributed by atoms with Crippen LogP contribution >= 0.6 is 0 Å². The molecule has 1 aliphatic rings. The predicted octanol–water partition coefficient (Wildman–Crippen LogP) is 1.62. The number of nitrogens with zero attached hydrogens (tertiary/aromatic N) is 1. The maximum Gasteiger partial charge on any atom is 0.401 e. The van der Waals surface area contributed by atoms with Crippen molar-refractivity contribution < 1.29 is 13.2 Å². The standard InChI is InChI=1S/C9H17F3N2/c1-13-8-3-2-5-14(6-4-8)7-9(10,11)12/h8,13H,2-7H2,1H3. The van der Waals surface area contributed by atoms with Crippen LogP contribution in [0.2, 0.25) is 0 Å². The van der Waals surface area contributed by atoms with Gasteiger partial charge in [-0.1, -0.05) is 0 Å². The average molecular weight is 210 g/mol. The van der Waals surface area contributed by atoms with Crippen molar-refractivity contribution in [2.75, 3.05) is 26.7 Å². The fraction of sp³-hybridized carbons (Fsp3) is 1.00. The maximum absolute atomic E-state index is 12.1. The zero-order chi connectivity index (χ0) is 10.6. The van der Waals surface area contributed by atoms with Crippen molar-refractivity contribution in [1.82, 2.24) is 10.2 Å². The molecular formula is C9H17F3N2. The monoisotopic (exact) mass is 210 g/mol. The van der Waals surface area contributed by atoms with E-state index in [0.717, 1.165) is 19.3 Å². The minimum Gasteiger partial charge on any atom is -0.317 e. The van der Waals surface area contributed by atoms with Gasteiger partial charge in [0.25, 0.3) is 0 Å². The van der Waals surface area contributed by atoms with Gasteiger partial charge in [0, 0.05) is 6.04 Å². The zero-order valence-corrected chi connectivity index (χ0v) is 8.40. The Kier molecular flexibility index (Phi) is 4.19. The lowest BCUT2D eigenvalue weighted by Gasteiger charge is -2.21. The first-order valence-electron chi connectivity index (χ1n) is 4.97. The van der Waals surface area contributed by atoms with Crippen LogP contribution < -0.4 is 5.32 Å². The highest BCUT2D eigenvalue weighted by atomic mass is 19.4. The quantitative estimate of drug-likeness (QED) is 0.745. The summed E-state index contributed by atoms with van der Waals surface area (Å²) in [6.45, 7) is 0.353. The zero-order valence-electron chi connectivity index (χ0n) is 8.40. The molecule has 84 valence electrons. The second-order valence-electron chi connectivity index (χ2n) is 3.81. The van der Waals surface area contributed by atoms with E-state index in [1.807, 2.05) is 7.05 Å². The Morgan fingerprint density at radius 1 is 1.29 bits per heavy atom. The van der Waals surface area contributed by atoms with E-state index in [-0.39, 0.29) is 0 Å². The van der Waals surface area contributed by atoms with Crippen LogP contribution in [0.1, 0.15) is 19.3 Å². The van der Waals surface area contributed by atoms with Gasteiger partial charge in [-0.25, -0.2) is 0 Å². The first-order chi connectivity index (χ1) is 6.51. The van der Waals surface area contributed by atoms with Gasteiger partial charge in [-0.2, -0.15) is 13.2 Å². The molecule has 1 fully saturated rings. The van der Waals surface area contributed by atoms with Crippen LogP contribution in [0.4, 0.5) is 13.2 Å². The Morgan fingerprint density at radius 3 is 2.57 bits per heavy atom. The highest BCUT2D eigenvalue weighted by molar-refractivity contribution is 4.74. The topological polar surface area (TPSA) is 15.3 Å². The molecule has 0 radical (unpaired) electrons. The number of alkyl halides is 3. The van der Waals surface area contributed by atoms with Gasteiger partial charge in [-0.15, -0.1) is 0 Å². The molecule has 0 spiro atoms. The Bertz CT molecular complexity index is 170. The number of nitrogens with one attached hydrogen (secondary N) is 1. The van der Waals surface area contributed by atoms with Gasteiger partial charge in [0.2, 0.25) is 0 Å². The third-order valence-corrected chi connectivity index (χ3v) is 2.63. The van der Waals surface area contributed by atoms with E-state index in [1.54, 1.807) is 0 Å². The van der Waals surface area contributed by atoms with E-state index in [2.05, 4.69) is 5.32 Å². The van der Waals surface area contributed by atoms with E-state index in [1.165, 1.54) is 4.90 Å². The average Bonchev–Trinajstić information content (AvgIpc) is 2.27. The number of rotatable bonds is 2. The molecule has 1 rings (SSSR count). The molecule has 1 heterocycles.